The van der Waals surface area contributed by atoms with E-state index in [-0.39, 0.29) is 29.5 Å². The smallest absolute Gasteiger partial charge is 0.232 e. The number of likely N-dealkylation sites (N-methyl/N-ethyl adjacent to an activating group) is 1. The molecule has 2 aliphatic heterocycles. The van der Waals surface area contributed by atoms with E-state index in [1.54, 1.807) is 26.0 Å². The van der Waals surface area contributed by atoms with Crippen LogP contribution in [0, 0.1) is 13.8 Å². The van der Waals surface area contributed by atoms with E-state index in [9.17, 15) is 20.4 Å². The number of nitrogens with zero attached hydrogens (tertiary/aromatic N) is 6. The van der Waals surface area contributed by atoms with Gasteiger partial charge in [-0.1, -0.05) is 12.1 Å². The summed E-state index contributed by atoms with van der Waals surface area (Å²) in [6.45, 7) is 8.55. The number of hydrogen-bond acceptors (Lipinski definition) is 12. The summed E-state index contributed by atoms with van der Waals surface area (Å²) in [4.78, 5) is 20.4. The molecule has 2 saturated heterocycles. The van der Waals surface area contributed by atoms with Crippen molar-refractivity contribution in [3.8, 4) is 23.0 Å². The minimum Gasteiger partial charge on any atom is -0.508 e. The number of ether oxygens (including phenoxy) is 2. The number of aromatic hydroxyl groups is 4. The molecule has 0 saturated carbocycles. The van der Waals surface area contributed by atoms with Gasteiger partial charge in [-0.25, -0.2) is 0 Å². The molecule has 40 heavy (non-hydrogen) atoms. The Bertz CT molecular complexity index is 1270. The maximum Gasteiger partial charge on any atom is 0.232 e. The first kappa shape index (κ1) is 27.5. The zero-order valence-corrected chi connectivity index (χ0v) is 23.0. The quantitative estimate of drug-likeness (QED) is 0.341. The van der Waals surface area contributed by atoms with Crippen molar-refractivity contribution in [2.24, 2.45) is 0 Å². The van der Waals surface area contributed by atoms with Crippen molar-refractivity contribution in [3.63, 3.8) is 0 Å². The molecule has 2 aliphatic rings. The van der Waals surface area contributed by atoms with Gasteiger partial charge >= 0.3 is 0 Å². The summed E-state index contributed by atoms with van der Waals surface area (Å²) < 4.78 is 11.0. The molecule has 0 amide bonds. The molecule has 0 aliphatic carbocycles. The van der Waals surface area contributed by atoms with Crippen LogP contribution in [0.4, 0.5) is 17.8 Å². The van der Waals surface area contributed by atoms with Crippen LogP contribution >= 0.6 is 0 Å². The highest BCUT2D eigenvalue weighted by molar-refractivity contribution is 5.57. The number of benzene rings is 2. The fourth-order valence-corrected chi connectivity index (χ4v) is 5.03. The van der Waals surface area contributed by atoms with E-state index in [1.165, 1.54) is 12.1 Å². The molecule has 2 aromatic carbocycles. The van der Waals surface area contributed by atoms with Gasteiger partial charge in [0.1, 0.15) is 23.0 Å². The van der Waals surface area contributed by atoms with Crippen molar-refractivity contribution in [1.82, 2.24) is 15.0 Å². The van der Waals surface area contributed by atoms with Crippen LogP contribution in [0.2, 0.25) is 0 Å². The van der Waals surface area contributed by atoms with Gasteiger partial charge in [0.05, 0.1) is 26.4 Å². The second kappa shape index (κ2) is 11.6. The molecule has 3 aromatic rings. The molecule has 0 bridgehead atoms. The van der Waals surface area contributed by atoms with Gasteiger partial charge in [-0.05, 0) is 26.0 Å². The Morgan fingerprint density at radius 1 is 0.725 bits per heavy atom. The van der Waals surface area contributed by atoms with Gasteiger partial charge in [0.15, 0.2) is 0 Å². The Morgan fingerprint density at radius 2 is 1.15 bits per heavy atom. The average Bonchev–Trinajstić information content (AvgIpc) is 2.99. The summed E-state index contributed by atoms with van der Waals surface area (Å²) in [6, 6.07) is 6.34. The molecule has 2 fully saturated rings. The summed E-state index contributed by atoms with van der Waals surface area (Å²) in [5.41, 5.74) is 1.70. The molecule has 5 rings (SSSR count). The van der Waals surface area contributed by atoms with Crippen molar-refractivity contribution in [1.29, 1.82) is 0 Å². The highest BCUT2D eigenvalue weighted by Crippen LogP contribution is 2.42. The normalized spacial score (nSPS) is 16.0. The van der Waals surface area contributed by atoms with E-state index >= 15 is 0 Å². The van der Waals surface area contributed by atoms with Crippen molar-refractivity contribution in [2.75, 3.05) is 80.9 Å². The Labute approximate surface area is 233 Å². The zero-order chi connectivity index (χ0) is 28.4. The number of aromatic nitrogens is 3. The van der Waals surface area contributed by atoms with Crippen LogP contribution in [0.1, 0.15) is 28.2 Å². The predicted molar refractivity (Wildman–Crippen MR) is 150 cm³/mol. The predicted octanol–water partition coefficient (Wildman–Crippen LogP) is 2.25. The summed E-state index contributed by atoms with van der Waals surface area (Å²) in [5.74, 6) is 0.815. The molecule has 12 nitrogen and oxygen atoms in total. The van der Waals surface area contributed by atoms with Crippen LogP contribution in [0.5, 0.6) is 23.0 Å². The third-order valence-electron chi connectivity index (χ3n) is 7.60. The van der Waals surface area contributed by atoms with E-state index in [2.05, 4.69) is 9.80 Å². The second-order valence-electron chi connectivity index (χ2n) is 10.2. The summed E-state index contributed by atoms with van der Waals surface area (Å²) in [6.07, 6.45) is 0. The van der Waals surface area contributed by atoms with Crippen molar-refractivity contribution in [3.05, 3.63) is 46.5 Å². The number of hydrogen-bond donors (Lipinski definition) is 4. The molecular weight excluding hydrogens is 516 g/mol. The van der Waals surface area contributed by atoms with Crippen LogP contribution in [0.25, 0.3) is 0 Å². The van der Waals surface area contributed by atoms with E-state index in [0.29, 0.717) is 92.7 Å². The standard InChI is InChI=1S/C28H36N6O6/c1-17-22(35)6-4-19(24(17)37)21(20-5-7-23(36)18(2)25(20)38)16-32(3)26-29-27(33-8-12-39-13-9-33)31-28(30-26)34-10-14-40-15-11-34/h4-7,21,35-38H,8-16H2,1-3H3. The Hall–Kier alpha value is -4.03. The topological polar surface area (TPSA) is 148 Å². The Morgan fingerprint density at radius 3 is 1.57 bits per heavy atom. The molecule has 1 aromatic heterocycles. The highest BCUT2D eigenvalue weighted by atomic mass is 16.5. The first-order valence-corrected chi connectivity index (χ1v) is 13.4. The van der Waals surface area contributed by atoms with Gasteiger partial charge in [0, 0.05) is 67.9 Å². The van der Waals surface area contributed by atoms with Gasteiger partial charge in [-0.3, -0.25) is 0 Å². The van der Waals surface area contributed by atoms with Crippen molar-refractivity contribution in [2.45, 2.75) is 19.8 Å². The lowest BCUT2D eigenvalue weighted by Gasteiger charge is -2.32. The summed E-state index contributed by atoms with van der Waals surface area (Å²) in [7, 11) is 1.85. The van der Waals surface area contributed by atoms with Crippen molar-refractivity contribution >= 4 is 17.8 Å². The highest BCUT2D eigenvalue weighted by Gasteiger charge is 2.28. The van der Waals surface area contributed by atoms with Crippen molar-refractivity contribution < 1.29 is 29.9 Å². The minimum absolute atomic E-state index is 0.0257. The lowest BCUT2D eigenvalue weighted by Crippen LogP contribution is -2.40. The van der Waals surface area contributed by atoms with Crippen LogP contribution in [0.3, 0.4) is 0 Å². The van der Waals surface area contributed by atoms with E-state index in [4.69, 9.17) is 24.4 Å². The SMILES string of the molecule is Cc1c(O)ccc(C(CN(C)c2nc(N3CCOCC3)nc(N3CCOCC3)n2)c2ccc(O)c(C)c2O)c1O. The number of anilines is 3. The van der Waals surface area contributed by atoms with Gasteiger partial charge in [0.2, 0.25) is 17.8 Å². The number of rotatable bonds is 7. The number of morpholine rings is 2. The van der Waals surface area contributed by atoms with Crippen LogP contribution in [-0.2, 0) is 9.47 Å². The molecule has 0 unspecified atom stereocenters. The van der Waals surface area contributed by atoms with Gasteiger partial charge in [-0.15, -0.1) is 0 Å². The van der Waals surface area contributed by atoms with Gasteiger partial charge < -0.3 is 44.6 Å². The lowest BCUT2D eigenvalue weighted by atomic mass is 9.87. The Kier molecular flexibility index (Phi) is 7.99. The van der Waals surface area contributed by atoms with E-state index in [1.807, 2.05) is 11.9 Å². The minimum atomic E-state index is -0.556. The number of phenolic OH excluding ortho intramolecular Hbond substituents is 4. The Balaban J connectivity index is 1.56. The molecule has 214 valence electrons. The summed E-state index contributed by atoms with van der Waals surface area (Å²) in [5, 5.41) is 42.4. The van der Waals surface area contributed by atoms with E-state index in [0.717, 1.165) is 0 Å². The molecule has 3 heterocycles. The fraction of sp³-hybridized carbons (Fsp3) is 0.464. The monoisotopic (exact) mass is 552 g/mol. The average molecular weight is 553 g/mol. The van der Waals surface area contributed by atoms with Gasteiger partial charge in [0.25, 0.3) is 0 Å². The van der Waals surface area contributed by atoms with E-state index < -0.39 is 5.92 Å². The third-order valence-corrected chi connectivity index (χ3v) is 7.60. The van der Waals surface area contributed by atoms with Crippen LogP contribution in [-0.4, -0.2) is 102 Å². The maximum absolute atomic E-state index is 11.0. The first-order valence-electron chi connectivity index (χ1n) is 13.4. The molecule has 12 heteroatoms. The summed E-state index contributed by atoms with van der Waals surface area (Å²) >= 11 is 0. The van der Waals surface area contributed by atoms with Gasteiger partial charge in [-0.2, -0.15) is 15.0 Å². The maximum atomic E-state index is 11.0. The second-order valence-corrected chi connectivity index (χ2v) is 10.2. The molecule has 0 atom stereocenters. The molecule has 4 N–H and O–H groups in total. The fourth-order valence-electron chi connectivity index (χ4n) is 5.03. The third kappa shape index (κ3) is 5.50. The zero-order valence-electron chi connectivity index (χ0n) is 23.0. The number of phenols is 4. The van der Waals surface area contributed by atoms with Crippen LogP contribution in [0.15, 0.2) is 24.3 Å². The van der Waals surface area contributed by atoms with Crippen LogP contribution < -0.4 is 14.7 Å². The molecule has 0 radical (unpaired) electrons. The first-order chi connectivity index (χ1) is 19.2. The largest absolute Gasteiger partial charge is 0.508 e. The lowest BCUT2D eigenvalue weighted by molar-refractivity contribution is 0.121. The molecular formula is C28H36N6O6. The molecule has 0 spiro atoms.